The average Bonchev–Trinajstić information content (AvgIpc) is 2.79. The highest BCUT2D eigenvalue weighted by Gasteiger charge is 2.22. The van der Waals surface area contributed by atoms with E-state index in [1.807, 2.05) is 36.4 Å². The van der Waals surface area contributed by atoms with E-state index < -0.39 is 22.7 Å². The summed E-state index contributed by atoms with van der Waals surface area (Å²) in [4.78, 5) is 21.4. The van der Waals surface area contributed by atoms with E-state index in [0.717, 1.165) is 44.0 Å². The number of nitrogens with zero attached hydrogens (tertiary/aromatic N) is 1. The van der Waals surface area contributed by atoms with Gasteiger partial charge < -0.3 is 14.9 Å². The Morgan fingerprint density at radius 1 is 0.903 bits per heavy atom. The average molecular weight is 446 g/mol. The van der Waals surface area contributed by atoms with Crippen LogP contribution in [0.3, 0.4) is 0 Å². The molecule has 0 aromatic heterocycles. The molecule has 1 heterocycles. The van der Waals surface area contributed by atoms with Crippen molar-refractivity contribution in [2.75, 3.05) is 38.6 Å². The largest absolute Gasteiger partial charge is 0.478 e. The van der Waals surface area contributed by atoms with Crippen molar-refractivity contribution in [1.29, 1.82) is 0 Å². The maximum absolute atomic E-state index is 13.0. The molecule has 8 heteroatoms. The van der Waals surface area contributed by atoms with E-state index in [0.29, 0.717) is 17.9 Å². The second-order valence-corrected chi connectivity index (χ2v) is 8.39. The number of rotatable bonds is 8. The molecular formula is C23H27NO6S. The number of morpholine rings is 1. The van der Waals surface area contributed by atoms with Crippen molar-refractivity contribution >= 4 is 22.7 Å². The van der Waals surface area contributed by atoms with Gasteiger partial charge in [-0.25, -0.2) is 9.59 Å². The first-order valence-corrected chi connectivity index (χ1v) is 11.3. The molecule has 1 atom stereocenters. The minimum Gasteiger partial charge on any atom is -0.478 e. The van der Waals surface area contributed by atoms with Crippen LogP contribution in [0.25, 0.3) is 0 Å². The molecule has 0 bridgehead atoms. The number of aliphatic carboxylic acids is 2. The summed E-state index contributed by atoms with van der Waals surface area (Å²) in [6.07, 6.45) is 1.12. The Morgan fingerprint density at radius 2 is 1.35 bits per heavy atom. The highest BCUT2D eigenvalue weighted by Crippen LogP contribution is 2.28. The molecule has 1 fully saturated rings. The highest BCUT2D eigenvalue weighted by atomic mass is 32.2. The molecular weight excluding hydrogens is 418 g/mol. The fourth-order valence-corrected chi connectivity index (χ4v) is 4.65. The Bertz CT molecular complexity index is 811. The molecule has 1 aliphatic rings. The molecule has 1 saturated heterocycles. The van der Waals surface area contributed by atoms with Crippen molar-refractivity contribution in [3.8, 4) is 0 Å². The van der Waals surface area contributed by atoms with Gasteiger partial charge in [0.25, 0.3) is 0 Å². The van der Waals surface area contributed by atoms with Gasteiger partial charge in [0, 0.05) is 48.3 Å². The van der Waals surface area contributed by atoms with Gasteiger partial charge in [-0.3, -0.25) is 9.11 Å². The molecule has 31 heavy (non-hydrogen) atoms. The lowest BCUT2D eigenvalue weighted by Crippen LogP contribution is -2.38. The summed E-state index contributed by atoms with van der Waals surface area (Å²) in [5, 5.41) is 15.6. The van der Waals surface area contributed by atoms with Crippen LogP contribution >= 0.6 is 0 Å². The predicted octanol–water partition coefficient (Wildman–Crippen LogP) is 2.57. The van der Waals surface area contributed by atoms with E-state index in [1.165, 1.54) is 0 Å². The minimum atomic E-state index is -1.26. The van der Waals surface area contributed by atoms with E-state index in [2.05, 4.69) is 29.2 Å². The van der Waals surface area contributed by atoms with Crippen LogP contribution in [0, 0.1) is 0 Å². The maximum Gasteiger partial charge on any atom is 0.328 e. The van der Waals surface area contributed by atoms with E-state index in [9.17, 15) is 13.8 Å². The first kappa shape index (κ1) is 24.5. The van der Waals surface area contributed by atoms with Crippen LogP contribution in [0.2, 0.25) is 0 Å². The van der Waals surface area contributed by atoms with Gasteiger partial charge in [0.15, 0.2) is 0 Å². The van der Waals surface area contributed by atoms with E-state index in [1.54, 1.807) is 0 Å². The predicted molar refractivity (Wildman–Crippen MR) is 119 cm³/mol. The molecule has 2 aromatic rings. The fourth-order valence-electron chi connectivity index (χ4n) is 3.06. The van der Waals surface area contributed by atoms with Gasteiger partial charge in [-0.05, 0) is 11.1 Å². The minimum absolute atomic E-state index is 0.0570. The summed E-state index contributed by atoms with van der Waals surface area (Å²) in [5.41, 5.74) is 2.25. The lowest BCUT2D eigenvalue weighted by Gasteiger charge is -2.27. The maximum atomic E-state index is 13.0. The van der Waals surface area contributed by atoms with Crippen LogP contribution in [-0.4, -0.2) is 69.9 Å². The number of carboxylic acid groups (broad SMARTS) is 2. The summed E-state index contributed by atoms with van der Waals surface area (Å²) in [6, 6.07) is 20.4. The Hall–Kier alpha value is -2.81. The van der Waals surface area contributed by atoms with Gasteiger partial charge in [-0.15, -0.1) is 0 Å². The number of benzene rings is 2. The SMILES string of the molecule is O=C(O)/C=C/C(=O)O.O=S(CCN1CCOCC1)C(c1ccccc1)c1ccccc1. The molecule has 7 nitrogen and oxygen atoms in total. The van der Waals surface area contributed by atoms with Crippen molar-refractivity contribution in [3.63, 3.8) is 0 Å². The summed E-state index contributed by atoms with van der Waals surface area (Å²) < 4.78 is 18.4. The number of hydrogen-bond acceptors (Lipinski definition) is 5. The van der Waals surface area contributed by atoms with E-state index in [-0.39, 0.29) is 5.25 Å². The van der Waals surface area contributed by atoms with Crippen molar-refractivity contribution in [2.24, 2.45) is 0 Å². The van der Waals surface area contributed by atoms with Gasteiger partial charge in [-0.1, -0.05) is 60.7 Å². The lowest BCUT2D eigenvalue weighted by atomic mass is 10.0. The van der Waals surface area contributed by atoms with Crippen LogP contribution in [-0.2, 0) is 25.1 Å². The molecule has 1 aliphatic heterocycles. The monoisotopic (exact) mass is 445 g/mol. The quantitative estimate of drug-likeness (QED) is 0.602. The molecule has 2 N–H and O–H groups in total. The van der Waals surface area contributed by atoms with E-state index in [4.69, 9.17) is 14.9 Å². The zero-order chi connectivity index (χ0) is 22.5. The van der Waals surface area contributed by atoms with Crippen LogP contribution in [0.4, 0.5) is 0 Å². The number of ether oxygens (including phenoxy) is 1. The Morgan fingerprint density at radius 3 is 1.77 bits per heavy atom. The topological polar surface area (TPSA) is 104 Å². The zero-order valence-electron chi connectivity index (χ0n) is 17.1. The molecule has 3 rings (SSSR count). The molecule has 0 saturated carbocycles. The highest BCUT2D eigenvalue weighted by molar-refractivity contribution is 7.85. The van der Waals surface area contributed by atoms with Crippen molar-refractivity contribution < 1.29 is 28.7 Å². The third-order valence-corrected chi connectivity index (χ3v) is 6.20. The van der Waals surface area contributed by atoms with Crippen molar-refractivity contribution in [2.45, 2.75) is 5.25 Å². The molecule has 0 spiro atoms. The van der Waals surface area contributed by atoms with Crippen molar-refractivity contribution in [3.05, 3.63) is 83.9 Å². The van der Waals surface area contributed by atoms with Crippen LogP contribution in [0.15, 0.2) is 72.8 Å². The molecule has 1 unspecified atom stereocenters. The molecule has 166 valence electrons. The van der Waals surface area contributed by atoms with Gasteiger partial charge in [0.1, 0.15) is 0 Å². The number of carbonyl (C=O) groups is 2. The molecule has 2 aromatic carbocycles. The molecule has 0 amide bonds. The first-order chi connectivity index (χ1) is 15.0. The second-order valence-electron chi connectivity index (χ2n) is 6.75. The first-order valence-electron chi connectivity index (χ1n) is 9.88. The second kappa shape index (κ2) is 13.5. The summed E-state index contributed by atoms with van der Waals surface area (Å²) in [5.74, 6) is -1.83. The smallest absolute Gasteiger partial charge is 0.328 e. The van der Waals surface area contributed by atoms with Crippen LogP contribution in [0.1, 0.15) is 16.4 Å². The Kier molecular flexibility index (Phi) is 10.6. The lowest BCUT2D eigenvalue weighted by molar-refractivity contribution is -0.134. The Labute approximate surface area is 184 Å². The number of hydrogen-bond donors (Lipinski definition) is 2. The van der Waals surface area contributed by atoms with Crippen LogP contribution in [0.5, 0.6) is 0 Å². The molecule has 0 radical (unpaired) electrons. The number of carboxylic acids is 2. The normalized spacial score (nSPS) is 15.3. The van der Waals surface area contributed by atoms with Gasteiger partial charge in [0.05, 0.1) is 18.5 Å². The van der Waals surface area contributed by atoms with Gasteiger partial charge >= 0.3 is 11.9 Å². The third-order valence-electron chi connectivity index (χ3n) is 4.55. The summed E-state index contributed by atoms with van der Waals surface area (Å²) >= 11 is 0. The third kappa shape index (κ3) is 9.25. The fraction of sp³-hybridized carbons (Fsp3) is 0.304. The van der Waals surface area contributed by atoms with Gasteiger partial charge in [-0.2, -0.15) is 0 Å². The van der Waals surface area contributed by atoms with Crippen molar-refractivity contribution in [1.82, 2.24) is 4.90 Å². The van der Waals surface area contributed by atoms with Crippen LogP contribution < -0.4 is 0 Å². The van der Waals surface area contributed by atoms with E-state index >= 15 is 0 Å². The Balaban J connectivity index is 0.000000366. The standard InChI is InChI=1S/C19H23NO2S.C4H4O4/c21-23(16-13-20-11-14-22-15-12-20)19(17-7-3-1-4-8-17)18-9-5-2-6-10-18;5-3(6)1-2-4(7)8/h1-10,19H,11-16H2;1-2H,(H,5,6)(H,7,8)/b;2-1+. The zero-order valence-corrected chi connectivity index (χ0v) is 17.9. The summed E-state index contributed by atoms with van der Waals surface area (Å²) in [7, 11) is -0.944. The van der Waals surface area contributed by atoms with Gasteiger partial charge in [0.2, 0.25) is 0 Å². The summed E-state index contributed by atoms with van der Waals surface area (Å²) in [6.45, 7) is 4.32. The molecule has 0 aliphatic carbocycles.